The molecule has 0 heterocycles. The van der Waals surface area contributed by atoms with Gasteiger partial charge < -0.3 is 13.8 Å². The molecule has 202 valence electrons. The van der Waals surface area contributed by atoms with Gasteiger partial charge in [0.2, 0.25) is 0 Å². The number of rotatable bonds is 25. The summed E-state index contributed by atoms with van der Waals surface area (Å²) in [6, 6.07) is 7.51. The van der Waals surface area contributed by atoms with Crippen LogP contribution in [0, 0.1) is 0 Å². The summed E-state index contributed by atoms with van der Waals surface area (Å²) in [5.41, 5.74) is 1.05. The molecular formula is C30H53O4P. The SMILES string of the molecule is CCCCCCCCCCCCCCCCCCOPOCc1ccc(OC(=O)CCCC)cc1. The van der Waals surface area contributed by atoms with Gasteiger partial charge in [-0.3, -0.25) is 4.79 Å². The summed E-state index contributed by atoms with van der Waals surface area (Å²) < 4.78 is 16.6. The largest absolute Gasteiger partial charge is 0.427 e. The van der Waals surface area contributed by atoms with E-state index < -0.39 is 0 Å². The van der Waals surface area contributed by atoms with E-state index in [4.69, 9.17) is 13.8 Å². The molecule has 0 amide bonds. The molecule has 1 aromatic rings. The van der Waals surface area contributed by atoms with Crippen molar-refractivity contribution >= 4 is 15.0 Å². The van der Waals surface area contributed by atoms with E-state index in [1.165, 1.54) is 96.3 Å². The molecule has 0 N–H and O–H groups in total. The lowest BCUT2D eigenvalue weighted by molar-refractivity contribution is -0.134. The van der Waals surface area contributed by atoms with Gasteiger partial charge in [-0.2, -0.15) is 0 Å². The Balaban J connectivity index is 1.81. The number of hydrogen-bond donors (Lipinski definition) is 0. The van der Waals surface area contributed by atoms with Gasteiger partial charge in [0, 0.05) is 6.42 Å². The maximum absolute atomic E-state index is 11.7. The average molecular weight is 509 g/mol. The molecule has 1 aromatic carbocycles. The van der Waals surface area contributed by atoms with E-state index in [2.05, 4.69) is 13.8 Å². The van der Waals surface area contributed by atoms with Crippen LogP contribution in [-0.4, -0.2) is 12.6 Å². The molecule has 4 nitrogen and oxygen atoms in total. The fourth-order valence-electron chi connectivity index (χ4n) is 4.08. The summed E-state index contributed by atoms with van der Waals surface area (Å²) in [6.45, 7) is 5.65. The fraction of sp³-hybridized carbons (Fsp3) is 0.767. The first-order valence-corrected chi connectivity index (χ1v) is 15.4. The Kier molecular flexibility index (Phi) is 22.7. The van der Waals surface area contributed by atoms with E-state index >= 15 is 0 Å². The minimum atomic E-state index is -0.167. The quantitative estimate of drug-likeness (QED) is 0.0570. The van der Waals surface area contributed by atoms with Gasteiger partial charge in [0.25, 0.3) is 0 Å². The van der Waals surface area contributed by atoms with Crippen LogP contribution in [-0.2, 0) is 20.4 Å². The first-order valence-electron chi connectivity index (χ1n) is 14.5. The van der Waals surface area contributed by atoms with Crippen molar-refractivity contribution in [3.8, 4) is 5.75 Å². The number of carbonyl (C=O) groups is 1. The highest BCUT2D eigenvalue weighted by Gasteiger charge is 2.04. The van der Waals surface area contributed by atoms with Crippen molar-refractivity contribution in [2.24, 2.45) is 0 Å². The maximum atomic E-state index is 11.7. The molecular weight excluding hydrogens is 455 g/mol. The number of ether oxygens (including phenoxy) is 1. The maximum Gasteiger partial charge on any atom is 0.311 e. The molecule has 0 aromatic heterocycles. The molecule has 0 fully saturated rings. The standard InChI is InChI=1S/C30H53O4P/c1-3-5-7-8-9-10-11-12-13-14-15-16-17-18-19-20-26-32-35-33-27-28-22-24-29(25-23-28)34-30(31)21-6-4-2/h22-25,35H,3-21,26-27H2,1-2H3. The predicted octanol–water partition coefficient (Wildman–Crippen LogP) is 10.1. The highest BCUT2D eigenvalue weighted by molar-refractivity contribution is 7.26. The lowest BCUT2D eigenvalue weighted by atomic mass is 10.0. The van der Waals surface area contributed by atoms with E-state index in [1.807, 2.05) is 24.3 Å². The van der Waals surface area contributed by atoms with Gasteiger partial charge in [0.15, 0.2) is 9.03 Å². The van der Waals surface area contributed by atoms with Crippen molar-refractivity contribution < 1.29 is 18.6 Å². The molecule has 1 rings (SSSR count). The molecule has 1 unspecified atom stereocenters. The molecule has 35 heavy (non-hydrogen) atoms. The van der Waals surface area contributed by atoms with Gasteiger partial charge in [-0.1, -0.05) is 129 Å². The lowest BCUT2D eigenvalue weighted by Gasteiger charge is -2.07. The second kappa shape index (κ2) is 24.7. The summed E-state index contributed by atoms with van der Waals surface area (Å²) in [5.74, 6) is 0.428. The summed E-state index contributed by atoms with van der Waals surface area (Å²) in [6.07, 6.45) is 24.5. The molecule has 0 aliphatic heterocycles. The first kappa shape index (κ1) is 32.1. The Morgan fingerprint density at radius 1 is 0.629 bits per heavy atom. The van der Waals surface area contributed by atoms with Crippen LogP contribution in [0.25, 0.3) is 0 Å². The third-order valence-corrected chi connectivity index (χ3v) is 6.93. The van der Waals surface area contributed by atoms with Crippen molar-refractivity contribution in [1.82, 2.24) is 0 Å². The van der Waals surface area contributed by atoms with Gasteiger partial charge in [0.05, 0.1) is 13.2 Å². The second-order valence-corrected chi connectivity index (χ2v) is 10.5. The van der Waals surface area contributed by atoms with Crippen LogP contribution < -0.4 is 4.74 Å². The highest BCUT2D eigenvalue weighted by atomic mass is 31.1. The Hall–Kier alpha value is -0.960. The van der Waals surface area contributed by atoms with E-state index in [1.54, 1.807) is 0 Å². The van der Waals surface area contributed by atoms with Crippen molar-refractivity contribution in [3.63, 3.8) is 0 Å². The minimum absolute atomic E-state index is 0.0765. The molecule has 0 saturated heterocycles. The van der Waals surface area contributed by atoms with Crippen molar-refractivity contribution in [2.75, 3.05) is 6.61 Å². The smallest absolute Gasteiger partial charge is 0.311 e. The lowest BCUT2D eigenvalue weighted by Crippen LogP contribution is -2.07. The Labute approximate surface area is 218 Å². The third-order valence-electron chi connectivity index (χ3n) is 6.35. The highest BCUT2D eigenvalue weighted by Crippen LogP contribution is 2.20. The minimum Gasteiger partial charge on any atom is -0.427 e. The molecule has 0 saturated carbocycles. The summed E-state index contributed by atoms with van der Waals surface area (Å²) in [4.78, 5) is 11.7. The molecule has 0 spiro atoms. The van der Waals surface area contributed by atoms with E-state index in [-0.39, 0.29) is 15.0 Å². The molecule has 1 atom stereocenters. The van der Waals surface area contributed by atoms with Crippen LogP contribution in [0.4, 0.5) is 0 Å². The van der Waals surface area contributed by atoms with Gasteiger partial charge in [-0.25, -0.2) is 0 Å². The van der Waals surface area contributed by atoms with Gasteiger partial charge >= 0.3 is 5.97 Å². The number of benzene rings is 1. The van der Waals surface area contributed by atoms with Crippen molar-refractivity contribution in [3.05, 3.63) is 29.8 Å². The van der Waals surface area contributed by atoms with Crippen LogP contribution in [0.15, 0.2) is 24.3 Å². The summed E-state index contributed by atoms with van der Waals surface area (Å²) in [5, 5.41) is 0. The number of hydrogen-bond acceptors (Lipinski definition) is 4. The zero-order chi connectivity index (χ0) is 25.2. The zero-order valence-corrected chi connectivity index (χ0v) is 23.8. The Bertz CT molecular complexity index is 591. The van der Waals surface area contributed by atoms with Crippen molar-refractivity contribution in [2.45, 2.75) is 142 Å². The molecule has 0 bridgehead atoms. The number of carbonyl (C=O) groups excluding carboxylic acids is 1. The van der Waals surface area contributed by atoms with E-state index in [0.717, 1.165) is 31.4 Å². The zero-order valence-electron chi connectivity index (χ0n) is 22.8. The van der Waals surface area contributed by atoms with Gasteiger partial charge in [0.1, 0.15) is 5.75 Å². The van der Waals surface area contributed by atoms with Crippen LogP contribution in [0.2, 0.25) is 0 Å². The first-order chi connectivity index (χ1) is 17.3. The topological polar surface area (TPSA) is 44.8 Å². The Morgan fingerprint density at radius 3 is 1.63 bits per heavy atom. The summed E-state index contributed by atoms with van der Waals surface area (Å²) >= 11 is 0. The molecule has 0 aliphatic rings. The number of unbranched alkanes of at least 4 members (excludes halogenated alkanes) is 16. The molecule has 0 radical (unpaired) electrons. The monoisotopic (exact) mass is 508 g/mol. The van der Waals surface area contributed by atoms with Crippen LogP contribution in [0.5, 0.6) is 5.75 Å². The van der Waals surface area contributed by atoms with Crippen LogP contribution >= 0.6 is 9.03 Å². The second-order valence-electron chi connectivity index (χ2n) is 9.75. The Morgan fingerprint density at radius 2 is 1.11 bits per heavy atom. The average Bonchev–Trinajstić information content (AvgIpc) is 2.87. The van der Waals surface area contributed by atoms with E-state index in [0.29, 0.717) is 18.8 Å². The predicted molar refractivity (Wildman–Crippen MR) is 150 cm³/mol. The van der Waals surface area contributed by atoms with Gasteiger partial charge in [-0.05, 0) is 30.5 Å². The van der Waals surface area contributed by atoms with Gasteiger partial charge in [-0.15, -0.1) is 0 Å². The van der Waals surface area contributed by atoms with E-state index in [9.17, 15) is 4.79 Å². The normalized spacial score (nSPS) is 11.5. The van der Waals surface area contributed by atoms with Crippen LogP contribution in [0.1, 0.15) is 141 Å². The third kappa shape index (κ3) is 20.9. The van der Waals surface area contributed by atoms with Crippen LogP contribution in [0.3, 0.4) is 0 Å². The fourth-order valence-corrected chi connectivity index (χ4v) is 4.61. The van der Waals surface area contributed by atoms with Crippen molar-refractivity contribution in [1.29, 1.82) is 0 Å². The molecule has 5 heteroatoms. The molecule has 0 aliphatic carbocycles. The summed E-state index contributed by atoms with van der Waals surface area (Å²) in [7, 11) is 0.0765. The number of esters is 1.